The number of carbonyl (C=O) groups excluding carboxylic acids is 2. The van der Waals surface area contributed by atoms with E-state index in [0.29, 0.717) is 38.0 Å². The lowest BCUT2D eigenvalue weighted by atomic mass is 9.91. The van der Waals surface area contributed by atoms with Crippen molar-refractivity contribution >= 4 is 11.9 Å². The Bertz CT molecular complexity index is 1510. The second-order valence-electron chi connectivity index (χ2n) is 11.5. The molecule has 1 amide bonds. The zero-order valence-corrected chi connectivity index (χ0v) is 25.5. The molecule has 0 spiro atoms. The van der Waals surface area contributed by atoms with Gasteiger partial charge in [-0.3, -0.25) is 9.59 Å². The fourth-order valence-corrected chi connectivity index (χ4v) is 5.80. The highest BCUT2D eigenvalue weighted by atomic mass is 16.5. The quantitative estimate of drug-likeness (QED) is 0.161. The van der Waals surface area contributed by atoms with Crippen LogP contribution in [0.25, 0.3) is 0 Å². The molecule has 4 aromatic carbocycles. The summed E-state index contributed by atoms with van der Waals surface area (Å²) in [5.74, 6) is -0.232. The Morgan fingerprint density at radius 2 is 1.24 bits per heavy atom. The average Bonchev–Trinajstić information content (AvgIpc) is 3.08. The molecule has 5 rings (SSSR count). The number of hydrogen-bond acceptors (Lipinski definition) is 5. The second kappa shape index (κ2) is 16.4. The zero-order chi connectivity index (χ0) is 31.3. The number of carbonyl (C=O) groups is 2. The molecule has 0 fully saturated rings. The molecule has 1 N–H and O–H groups in total. The van der Waals surface area contributed by atoms with Gasteiger partial charge in [-0.25, -0.2) is 0 Å². The standard InChI is InChI=1S/C39H41NO5/c41-24-25-44-36-22-20-32(21-23-36)28-40-37(33-16-8-3-9-17-33)29-45-39(43)35(27-31-14-6-2-7-15-31)19-11-10-18-34(38(40)42)26-30-12-4-1-5-13-30/h1-17,20-23,34-35,37,41H,18-19,24-29H2. The van der Waals surface area contributed by atoms with Gasteiger partial charge in [0.2, 0.25) is 5.91 Å². The number of nitrogens with zero attached hydrogens (tertiary/aromatic N) is 1. The second-order valence-corrected chi connectivity index (χ2v) is 11.5. The van der Waals surface area contributed by atoms with E-state index >= 15 is 0 Å². The molecule has 3 unspecified atom stereocenters. The van der Waals surface area contributed by atoms with E-state index in [4.69, 9.17) is 14.6 Å². The first-order valence-corrected chi connectivity index (χ1v) is 15.7. The lowest BCUT2D eigenvalue weighted by Gasteiger charge is -2.35. The molecule has 1 aliphatic rings. The van der Waals surface area contributed by atoms with Gasteiger partial charge in [0.25, 0.3) is 0 Å². The van der Waals surface area contributed by atoms with Crippen molar-refractivity contribution in [3.8, 4) is 5.75 Å². The van der Waals surface area contributed by atoms with Crippen molar-refractivity contribution in [2.45, 2.75) is 38.3 Å². The lowest BCUT2D eigenvalue weighted by Crippen LogP contribution is -2.41. The Morgan fingerprint density at radius 3 is 1.84 bits per heavy atom. The summed E-state index contributed by atoms with van der Waals surface area (Å²) in [4.78, 5) is 30.1. The summed E-state index contributed by atoms with van der Waals surface area (Å²) < 4.78 is 11.6. The third-order valence-corrected chi connectivity index (χ3v) is 8.20. The van der Waals surface area contributed by atoms with Gasteiger partial charge < -0.3 is 19.5 Å². The molecule has 0 aromatic heterocycles. The predicted octanol–water partition coefficient (Wildman–Crippen LogP) is 6.74. The number of allylic oxidation sites excluding steroid dienone is 2. The van der Waals surface area contributed by atoms with Crippen molar-refractivity contribution in [1.29, 1.82) is 0 Å². The van der Waals surface area contributed by atoms with Gasteiger partial charge in [0.05, 0.1) is 18.6 Å². The number of benzene rings is 4. The minimum Gasteiger partial charge on any atom is -0.491 e. The van der Waals surface area contributed by atoms with E-state index in [2.05, 4.69) is 18.2 Å². The first-order valence-electron chi connectivity index (χ1n) is 15.7. The zero-order valence-electron chi connectivity index (χ0n) is 25.5. The Morgan fingerprint density at radius 1 is 0.689 bits per heavy atom. The molecular weight excluding hydrogens is 562 g/mol. The first-order chi connectivity index (χ1) is 22.1. The summed E-state index contributed by atoms with van der Waals surface area (Å²) in [5, 5.41) is 9.12. The fourth-order valence-electron chi connectivity index (χ4n) is 5.80. The van der Waals surface area contributed by atoms with E-state index in [9.17, 15) is 9.59 Å². The lowest BCUT2D eigenvalue weighted by molar-refractivity contribution is -0.154. The molecule has 0 bridgehead atoms. The van der Waals surface area contributed by atoms with Crippen molar-refractivity contribution < 1.29 is 24.2 Å². The van der Waals surface area contributed by atoms with Gasteiger partial charge in [0.15, 0.2) is 0 Å². The highest BCUT2D eigenvalue weighted by Gasteiger charge is 2.33. The van der Waals surface area contributed by atoms with E-state index in [-0.39, 0.29) is 43.5 Å². The van der Waals surface area contributed by atoms with Crippen LogP contribution in [0.4, 0.5) is 0 Å². The maximum absolute atomic E-state index is 14.6. The van der Waals surface area contributed by atoms with Gasteiger partial charge in [0, 0.05) is 12.5 Å². The van der Waals surface area contributed by atoms with Crippen LogP contribution >= 0.6 is 0 Å². The first kappa shape index (κ1) is 31.7. The van der Waals surface area contributed by atoms with Crippen molar-refractivity contribution in [1.82, 2.24) is 4.90 Å². The number of cyclic esters (lactones) is 1. The molecule has 232 valence electrons. The summed E-state index contributed by atoms with van der Waals surface area (Å²) in [6, 6.07) is 37.1. The van der Waals surface area contributed by atoms with Gasteiger partial charge in [-0.2, -0.15) is 0 Å². The SMILES string of the molecule is O=C1OCC(c2ccccc2)N(Cc2ccc(OCCO)cc2)C(=O)C(Cc2ccccc2)CC=CCC1Cc1ccccc1. The number of esters is 1. The Labute approximate surface area is 265 Å². The summed E-state index contributed by atoms with van der Waals surface area (Å²) in [5.41, 5.74) is 4.03. The van der Waals surface area contributed by atoms with E-state index in [1.54, 1.807) is 0 Å². The average molecular weight is 604 g/mol. The minimum absolute atomic E-state index is 0.00965. The van der Waals surface area contributed by atoms with E-state index in [1.807, 2.05) is 114 Å². The maximum atomic E-state index is 14.6. The smallest absolute Gasteiger partial charge is 0.309 e. The topological polar surface area (TPSA) is 76.1 Å². The van der Waals surface area contributed by atoms with Crippen LogP contribution in [0, 0.1) is 11.8 Å². The highest BCUT2D eigenvalue weighted by Crippen LogP contribution is 2.30. The van der Waals surface area contributed by atoms with Crippen molar-refractivity contribution in [3.05, 3.63) is 150 Å². The Hall–Kier alpha value is -4.68. The Kier molecular flexibility index (Phi) is 11.6. The molecule has 0 aliphatic carbocycles. The van der Waals surface area contributed by atoms with Crippen LogP contribution in [0.15, 0.2) is 127 Å². The van der Waals surface area contributed by atoms with Crippen molar-refractivity contribution in [2.24, 2.45) is 11.8 Å². The number of amides is 1. The summed E-state index contributed by atoms with van der Waals surface area (Å²) in [6.07, 6.45) is 6.38. The third kappa shape index (κ3) is 9.16. The molecular formula is C39H41NO5. The molecule has 45 heavy (non-hydrogen) atoms. The highest BCUT2D eigenvalue weighted by molar-refractivity contribution is 5.80. The molecule has 0 saturated heterocycles. The predicted molar refractivity (Wildman–Crippen MR) is 175 cm³/mol. The molecule has 0 radical (unpaired) electrons. The van der Waals surface area contributed by atoms with Crippen LogP contribution < -0.4 is 4.74 Å². The van der Waals surface area contributed by atoms with Gasteiger partial charge >= 0.3 is 5.97 Å². The van der Waals surface area contributed by atoms with Crippen LogP contribution in [0.3, 0.4) is 0 Å². The molecule has 6 heteroatoms. The van der Waals surface area contributed by atoms with E-state index < -0.39 is 6.04 Å². The van der Waals surface area contributed by atoms with Crippen LogP contribution in [0.5, 0.6) is 5.75 Å². The molecule has 3 atom stereocenters. The third-order valence-electron chi connectivity index (χ3n) is 8.20. The van der Waals surface area contributed by atoms with Crippen molar-refractivity contribution in [2.75, 3.05) is 19.8 Å². The van der Waals surface area contributed by atoms with Gasteiger partial charge in [-0.1, -0.05) is 115 Å². The number of rotatable bonds is 10. The Balaban J connectivity index is 1.50. The van der Waals surface area contributed by atoms with Crippen LogP contribution in [0.1, 0.15) is 41.1 Å². The van der Waals surface area contributed by atoms with Gasteiger partial charge in [-0.05, 0) is 60.1 Å². The minimum atomic E-state index is -0.480. The number of aliphatic hydroxyl groups excluding tert-OH is 1. The molecule has 1 aliphatic heterocycles. The van der Waals surface area contributed by atoms with Crippen LogP contribution in [-0.2, 0) is 33.7 Å². The van der Waals surface area contributed by atoms with Gasteiger partial charge in [-0.15, -0.1) is 0 Å². The normalized spacial score (nSPS) is 19.3. The summed E-state index contributed by atoms with van der Waals surface area (Å²) in [7, 11) is 0. The monoisotopic (exact) mass is 603 g/mol. The summed E-state index contributed by atoms with van der Waals surface area (Å²) >= 11 is 0. The van der Waals surface area contributed by atoms with Crippen molar-refractivity contribution in [3.63, 3.8) is 0 Å². The van der Waals surface area contributed by atoms with E-state index in [1.165, 1.54) is 0 Å². The molecule has 4 aromatic rings. The van der Waals surface area contributed by atoms with Crippen LogP contribution in [0.2, 0.25) is 0 Å². The van der Waals surface area contributed by atoms with Gasteiger partial charge in [0.1, 0.15) is 19.0 Å². The van der Waals surface area contributed by atoms with Crippen LogP contribution in [-0.4, -0.2) is 41.7 Å². The fraction of sp³-hybridized carbons (Fsp3) is 0.282. The number of aliphatic hydroxyl groups is 1. The summed E-state index contributed by atoms with van der Waals surface area (Å²) in [6.45, 7) is 0.536. The molecule has 0 saturated carbocycles. The van der Waals surface area contributed by atoms with E-state index in [0.717, 1.165) is 22.3 Å². The number of ether oxygens (including phenoxy) is 2. The maximum Gasteiger partial charge on any atom is 0.309 e. The molecule has 1 heterocycles. The molecule has 6 nitrogen and oxygen atoms in total. The largest absolute Gasteiger partial charge is 0.491 e. The number of hydrogen-bond donors (Lipinski definition) is 1.